The number of aliphatic hydroxyl groups excluding tert-OH is 8. The quantitative estimate of drug-likeness (QED) is 0.0204. The first-order chi connectivity index (χ1) is 38.6. The first kappa shape index (κ1) is 71.8. The largest absolute Gasteiger partial charge is 0.394 e. The highest BCUT2D eigenvalue weighted by Gasteiger charge is 2.51. The number of rotatable bonds is 47. The second kappa shape index (κ2) is 49.3. The van der Waals surface area contributed by atoms with Crippen LogP contribution in [-0.2, 0) is 23.7 Å². The van der Waals surface area contributed by atoms with Crippen molar-refractivity contribution in [3.63, 3.8) is 0 Å². The topological polar surface area (TPSA) is 228 Å². The molecule has 452 valence electrons. The van der Waals surface area contributed by atoms with Crippen LogP contribution in [0.4, 0.5) is 0 Å². The number of amides is 1. The van der Waals surface area contributed by atoms with Crippen molar-refractivity contribution in [2.24, 2.45) is 0 Å². The fraction of sp³-hybridized carbons (Fsp3) is 0.708. The van der Waals surface area contributed by atoms with E-state index in [4.69, 9.17) is 18.9 Å². The van der Waals surface area contributed by atoms with Crippen molar-refractivity contribution in [1.82, 2.24) is 5.32 Å². The molecule has 0 radical (unpaired) electrons. The maximum Gasteiger partial charge on any atom is 0.220 e. The number of hydrogen-bond acceptors (Lipinski definition) is 13. The van der Waals surface area contributed by atoms with Crippen LogP contribution in [-0.4, -0.2) is 140 Å². The van der Waals surface area contributed by atoms with Crippen LogP contribution in [0.2, 0.25) is 0 Å². The summed E-state index contributed by atoms with van der Waals surface area (Å²) in [6, 6.07) is -0.987. The third-order valence-corrected chi connectivity index (χ3v) is 14.2. The summed E-state index contributed by atoms with van der Waals surface area (Å²) >= 11 is 0. The summed E-state index contributed by atoms with van der Waals surface area (Å²) in [6.07, 6.45) is 52.9. The van der Waals surface area contributed by atoms with Crippen LogP contribution in [0.3, 0.4) is 0 Å². The molecule has 12 atom stereocenters. The number of nitrogens with one attached hydrogen (secondary N) is 1. The van der Waals surface area contributed by atoms with E-state index < -0.39 is 86.8 Å². The Morgan fingerprint density at radius 3 is 1.38 bits per heavy atom. The molecule has 2 rings (SSSR count). The zero-order valence-corrected chi connectivity index (χ0v) is 48.6. The van der Waals surface area contributed by atoms with Crippen molar-refractivity contribution in [2.45, 2.75) is 274 Å². The zero-order chi connectivity index (χ0) is 57.4. The number of aliphatic hydroxyl groups is 8. The first-order valence-corrected chi connectivity index (χ1v) is 30.6. The predicted molar refractivity (Wildman–Crippen MR) is 318 cm³/mol. The van der Waals surface area contributed by atoms with Gasteiger partial charge in [0.1, 0.15) is 48.8 Å². The lowest BCUT2D eigenvalue weighted by Crippen LogP contribution is -2.65. The van der Waals surface area contributed by atoms with Crippen molar-refractivity contribution < 1.29 is 64.6 Å². The summed E-state index contributed by atoms with van der Waals surface area (Å²) in [5, 5.41) is 87.0. The number of unbranched alkanes of at least 4 members (excludes halogenated alkanes) is 18. The fourth-order valence-corrected chi connectivity index (χ4v) is 9.29. The second-order valence-corrected chi connectivity index (χ2v) is 21.1. The lowest BCUT2D eigenvalue weighted by Gasteiger charge is -2.46. The third kappa shape index (κ3) is 34.6. The maximum atomic E-state index is 13.2. The summed E-state index contributed by atoms with van der Waals surface area (Å²) in [6.45, 7) is 2.60. The standard InChI is InChI=1S/C65H109NO13/c1-3-5-7-9-11-13-15-17-19-21-23-24-25-26-27-28-29-31-32-34-36-38-40-42-44-46-48-54(69)53(66-57(70)49-47-45-43-41-39-37-35-33-30-22-20-18-16-14-12-10-8-6-4-2)52-76-64-62(75)60(73)63(56(51-68)78-64)79-65-61(74)59(72)58(71)55(50-67)77-65/h6,8,12,14,18,20,30-33,37-40,43,45-46,48,53-56,58-65,67-69,71-75H,3-5,7,9-11,13,15-17,19,21-29,34-36,41-42,44,47,49-52H2,1-2H3,(H,66,70)/b8-6-,14-12-,20-18-,32-31+,33-30-,39-37-,40-38+,45-43-,48-46+. The van der Waals surface area contributed by atoms with Crippen molar-refractivity contribution >= 4 is 5.91 Å². The molecular weight excluding hydrogens is 1000 g/mol. The number of carbonyl (C=O) groups is 1. The Balaban J connectivity index is 1.81. The third-order valence-electron chi connectivity index (χ3n) is 14.2. The van der Waals surface area contributed by atoms with Gasteiger partial charge in [-0.25, -0.2) is 0 Å². The molecule has 79 heavy (non-hydrogen) atoms. The molecule has 9 N–H and O–H groups in total. The molecular formula is C65H109NO13. The van der Waals surface area contributed by atoms with E-state index in [1.807, 2.05) is 18.2 Å². The van der Waals surface area contributed by atoms with E-state index in [1.165, 1.54) is 103 Å². The zero-order valence-electron chi connectivity index (χ0n) is 48.6. The average Bonchev–Trinajstić information content (AvgIpc) is 3.47. The lowest BCUT2D eigenvalue weighted by molar-refractivity contribution is -0.359. The van der Waals surface area contributed by atoms with Crippen LogP contribution < -0.4 is 5.32 Å². The van der Waals surface area contributed by atoms with Crippen LogP contribution >= 0.6 is 0 Å². The Bertz CT molecular complexity index is 1740. The van der Waals surface area contributed by atoms with Crippen LogP contribution in [0.1, 0.15) is 200 Å². The van der Waals surface area contributed by atoms with Gasteiger partial charge in [-0.1, -0.05) is 220 Å². The van der Waals surface area contributed by atoms with Crippen molar-refractivity contribution in [3.05, 3.63) is 109 Å². The van der Waals surface area contributed by atoms with Gasteiger partial charge in [0.25, 0.3) is 0 Å². The summed E-state index contributed by atoms with van der Waals surface area (Å²) in [4.78, 5) is 13.2. The number of carbonyl (C=O) groups excluding carboxylic acids is 1. The molecule has 0 bridgehead atoms. The van der Waals surface area contributed by atoms with E-state index in [-0.39, 0.29) is 18.9 Å². The van der Waals surface area contributed by atoms with Crippen molar-refractivity contribution in [3.8, 4) is 0 Å². The van der Waals surface area contributed by atoms with Gasteiger partial charge in [-0.3, -0.25) is 4.79 Å². The minimum Gasteiger partial charge on any atom is -0.394 e. The molecule has 0 aromatic heterocycles. The molecule has 2 heterocycles. The van der Waals surface area contributed by atoms with Gasteiger partial charge in [0.05, 0.1) is 32.0 Å². The Morgan fingerprint density at radius 1 is 0.468 bits per heavy atom. The van der Waals surface area contributed by atoms with Crippen LogP contribution in [0, 0.1) is 0 Å². The van der Waals surface area contributed by atoms with E-state index in [1.54, 1.807) is 6.08 Å². The van der Waals surface area contributed by atoms with Gasteiger partial charge in [0, 0.05) is 6.42 Å². The molecule has 14 nitrogen and oxygen atoms in total. The molecule has 0 aliphatic carbocycles. The van der Waals surface area contributed by atoms with E-state index in [0.29, 0.717) is 12.8 Å². The Labute approximate surface area is 476 Å². The lowest BCUT2D eigenvalue weighted by atomic mass is 9.97. The molecule has 12 unspecified atom stereocenters. The highest BCUT2D eigenvalue weighted by Crippen LogP contribution is 2.30. The Morgan fingerprint density at radius 2 is 0.886 bits per heavy atom. The minimum atomic E-state index is -1.81. The first-order valence-electron chi connectivity index (χ1n) is 30.6. The van der Waals surface area contributed by atoms with Crippen molar-refractivity contribution in [1.29, 1.82) is 0 Å². The SMILES string of the molecule is CC/C=C\C/C=C\C/C=C\C/C=C\C/C=C\C/C=C\CCC(=O)NC(COC1OC(CO)C(OC2OC(CO)C(O)C(O)C2O)C(O)C1O)C(O)/C=C/CC/C=C/CC/C=C/CCCCCCCCCCCCCCCCCC. The number of allylic oxidation sites excluding steroid dienone is 17. The van der Waals surface area contributed by atoms with Gasteiger partial charge in [-0.2, -0.15) is 0 Å². The van der Waals surface area contributed by atoms with Gasteiger partial charge >= 0.3 is 0 Å². The molecule has 2 aliphatic heterocycles. The van der Waals surface area contributed by atoms with Crippen LogP contribution in [0.15, 0.2) is 109 Å². The van der Waals surface area contributed by atoms with E-state index in [2.05, 4.69) is 104 Å². The molecule has 2 aliphatic rings. The Kier molecular flexibility index (Phi) is 44.8. The summed E-state index contributed by atoms with van der Waals surface area (Å²) in [5.41, 5.74) is 0. The molecule has 14 heteroatoms. The number of hydrogen-bond donors (Lipinski definition) is 9. The van der Waals surface area contributed by atoms with E-state index in [0.717, 1.165) is 64.2 Å². The molecule has 0 spiro atoms. The summed E-state index contributed by atoms with van der Waals surface area (Å²) in [5.74, 6) is -0.339. The van der Waals surface area contributed by atoms with Crippen LogP contribution in [0.25, 0.3) is 0 Å². The number of ether oxygens (including phenoxy) is 4. The van der Waals surface area contributed by atoms with Gasteiger partial charge in [0.2, 0.25) is 5.91 Å². The average molecular weight is 1110 g/mol. The van der Waals surface area contributed by atoms with Crippen molar-refractivity contribution in [2.75, 3.05) is 19.8 Å². The van der Waals surface area contributed by atoms with Gasteiger partial charge < -0.3 is 65.1 Å². The van der Waals surface area contributed by atoms with E-state index in [9.17, 15) is 45.6 Å². The summed E-state index contributed by atoms with van der Waals surface area (Å²) < 4.78 is 22.7. The highest BCUT2D eigenvalue weighted by atomic mass is 16.7. The molecule has 2 saturated heterocycles. The molecule has 2 fully saturated rings. The molecule has 0 saturated carbocycles. The molecule has 1 amide bonds. The monoisotopic (exact) mass is 1110 g/mol. The smallest absolute Gasteiger partial charge is 0.220 e. The normalized spacial score (nSPS) is 25.2. The van der Waals surface area contributed by atoms with Gasteiger partial charge in [0.15, 0.2) is 12.6 Å². The summed E-state index contributed by atoms with van der Waals surface area (Å²) in [7, 11) is 0. The predicted octanol–water partition coefficient (Wildman–Crippen LogP) is 10.8. The Hall–Kier alpha value is -3.35. The molecule has 0 aromatic carbocycles. The van der Waals surface area contributed by atoms with Crippen LogP contribution in [0.5, 0.6) is 0 Å². The van der Waals surface area contributed by atoms with Gasteiger partial charge in [-0.15, -0.1) is 0 Å². The maximum absolute atomic E-state index is 13.2. The highest BCUT2D eigenvalue weighted by molar-refractivity contribution is 5.76. The fourth-order valence-electron chi connectivity index (χ4n) is 9.29. The second-order valence-electron chi connectivity index (χ2n) is 21.1. The van der Waals surface area contributed by atoms with E-state index >= 15 is 0 Å². The minimum absolute atomic E-state index is 0.138. The van der Waals surface area contributed by atoms with Gasteiger partial charge in [-0.05, 0) is 83.5 Å². The molecule has 0 aromatic rings.